The lowest BCUT2D eigenvalue weighted by Gasteiger charge is -2.12. The van der Waals surface area contributed by atoms with Crippen LogP contribution < -0.4 is 5.32 Å². The Morgan fingerprint density at radius 1 is 1.34 bits per heavy atom. The van der Waals surface area contributed by atoms with E-state index in [4.69, 9.17) is 9.78 Å². The maximum Gasteiger partial charge on any atom is 0.273 e. The summed E-state index contributed by atoms with van der Waals surface area (Å²) in [7, 11) is 0. The van der Waals surface area contributed by atoms with Crippen molar-refractivity contribution in [2.75, 3.05) is 6.54 Å². The zero-order valence-corrected chi connectivity index (χ0v) is 15.6. The number of benzene rings is 1. The molecule has 1 amide bonds. The third-order valence-corrected chi connectivity index (χ3v) is 4.24. The minimum absolute atomic E-state index is 0.0396. The van der Waals surface area contributed by atoms with Gasteiger partial charge in [0.05, 0.1) is 11.7 Å². The lowest BCUT2D eigenvalue weighted by atomic mass is 10.1. The minimum Gasteiger partial charge on any atom is -0.385 e. The maximum absolute atomic E-state index is 13.8. The molecule has 2 atom stereocenters. The first-order chi connectivity index (χ1) is 13.8. The van der Waals surface area contributed by atoms with E-state index < -0.39 is 29.2 Å². The second-order valence-corrected chi connectivity index (χ2v) is 6.46. The van der Waals surface area contributed by atoms with Crippen LogP contribution >= 0.6 is 0 Å². The van der Waals surface area contributed by atoms with Crippen LogP contribution in [0.4, 0.5) is 8.78 Å². The highest BCUT2D eigenvalue weighted by Gasteiger charge is 2.17. The molecule has 1 aromatic carbocycles. The first-order valence-electron chi connectivity index (χ1n) is 8.67. The van der Waals surface area contributed by atoms with E-state index >= 15 is 0 Å². The van der Waals surface area contributed by atoms with Crippen LogP contribution in [0, 0.1) is 23.0 Å². The number of rotatable bonds is 6. The van der Waals surface area contributed by atoms with Crippen molar-refractivity contribution in [2.24, 2.45) is 0 Å². The summed E-state index contributed by atoms with van der Waals surface area (Å²) in [6.45, 7) is 3.49. The van der Waals surface area contributed by atoms with Crippen LogP contribution in [0.25, 0.3) is 11.3 Å². The molecule has 0 saturated heterocycles. The molecule has 0 saturated carbocycles. The number of aliphatic hydroxyl groups excluding tert-OH is 1. The Balaban J connectivity index is 1.67. The van der Waals surface area contributed by atoms with Gasteiger partial charge in [-0.25, -0.2) is 8.78 Å². The van der Waals surface area contributed by atoms with Crippen LogP contribution in [0.15, 0.2) is 35.0 Å². The largest absolute Gasteiger partial charge is 0.385 e. The SMILES string of the molecule is CC(O)c1cc(C(=O)NC[C@@H](C)n2ccc(-c3cc(F)c(C#N)c(F)c3)n2)no1. The highest BCUT2D eigenvalue weighted by Crippen LogP contribution is 2.23. The summed E-state index contributed by atoms with van der Waals surface area (Å²) in [5.41, 5.74) is -0.0839. The lowest BCUT2D eigenvalue weighted by molar-refractivity contribution is 0.0937. The third kappa shape index (κ3) is 4.30. The number of nitriles is 1. The van der Waals surface area contributed by atoms with Gasteiger partial charge in [0, 0.05) is 24.4 Å². The predicted molar refractivity (Wildman–Crippen MR) is 96.5 cm³/mol. The van der Waals surface area contributed by atoms with Crippen LogP contribution in [0.1, 0.15) is 47.8 Å². The van der Waals surface area contributed by atoms with Crippen LogP contribution in [0.5, 0.6) is 0 Å². The average Bonchev–Trinajstić information content (AvgIpc) is 3.35. The standard InChI is InChI=1S/C19H17F2N5O3/c1-10(9-23-19(28)17-7-18(11(2)27)29-25-17)26-4-3-16(24-26)12-5-14(20)13(8-22)15(21)6-12/h3-7,10-11,27H,9H2,1-2H3,(H,23,28)/t10-,11?/m1/s1. The van der Waals surface area contributed by atoms with Gasteiger partial charge in [0.15, 0.2) is 11.5 Å². The Morgan fingerprint density at radius 2 is 2.03 bits per heavy atom. The number of aliphatic hydroxyl groups is 1. The molecule has 8 nitrogen and oxygen atoms in total. The van der Waals surface area contributed by atoms with Crippen LogP contribution in [-0.4, -0.2) is 32.5 Å². The molecule has 150 valence electrons. The van der Waals surface area contributed by atoms with Gasteiger partial charge >= 0.3 is 0 Å². The molecule has 2 heterocycles. The highest BCUT2D eigenvalue weighted by atomic mass is 19.1. The predicted octanol–water partition coefficient (Wildman–Crippen LogP) is 2.73. The fourth-order valence-electron chi connectivity index (χ4n) is 2.58. The summed E-state index contributed by atoms with van der Waals surface area (Å²) in [5.74, 6) is -2.21. The van der Waals surface area contributed by atoms with Crippen molar-refractivity contribution < 1.29 is 23.2 Å². The maximum atomic E-state index is 13.8. The van der Waals surface area contributed by atoms with Crippen LogP contribution in [0.2, 0.25) is 0 Å². The Hall–Kier alpha value is -3.58. The zero-order valence-electron chi connectivity index (χ0n) is 15.6. The van der Waals surface area contributed by atoms with Gasteiger partial charge in [0.2, 0.25) is 0 Å². The first-order valence-corrected chi connectivity index (χ1v) is 8.67. The number of halogens is 2. The summed E-state index contributed by atoms with van der Waals surface area (Å²) < 4.78 is 34.0. The molecule has 3 rings (SSSR count). The Morgan fingerprint density at radius 3 is 2.62 bits per heavy atom. The summed E-state index contributed by atoms with van der Waals surface area (Å²) in [6, 6.07) is 6.22. The van der Waals surface area contributed by atoms with E-state index in [1.165, 1.54) is 23.7 Å². The minimum atomic E-state index is -0.957. The normalized spacial score (nSPS) is 13.0. The van der Waals surface area contributed by atoms with Crippen molar-refractivity contribution in [3.63, 3.8) is 0 Å². The van der Waals surface area contributed by atoms with Gasteiger partial charge in [-0.15, -0.1) is 0 Å². The fourth-order valence-corrected chi connectivity index (χ4v) is 2.58. The van der Waals surface area contributed by atoms with E-state index in [0.717, 1.165) is 12.1 Å². The average molecular weight is 401 g/mol. The first kappa shape index (κ1) is 20.2. The summed E-state index contributed by atoms with van der Waals surface area (Å²) in [4.78, 5) is 12.1. The van der Waals surface area contributed by atoms with Gasteiger partial charge in [0.1, 0.15) is 29.4 Å². The Bertz CT molecular complexity index is 1060. The van der Waals surface area contributed by atoms with Crippen LogP contribution in [0.3, 0.4) is 0 Å². The molecule has 0 aliphatic rings. The molecule has 2 aromatic heterocycles. The second kappa shape index (κ2) is 8.20. The van der Waals surface area contributed by atoms with Crippen LogP contribution in [-0.2, 0) is 0 Å². The van der Waals surface area contributed by atoms with E-state index in [-0.39, 0.29) is 29.6 Å². The summed E-state index contributed by atoms with van der Waals surface area (Å²) in [5, 5.41) is 28.7. The number of carbonyl (C=O) groups is 1. The number of amides is 1. The molecule has 10 heteroatoms. The number of nitrogens with one attached hydrogen (secondary N) is 1. The molecule has 2 N–H and O–H groups in total. The lowest BCUT2D eigenvalue weighted by Crippen LogP contribution is -2.30. The Kier molecular flexibility index (Phi) is 5.70. The van der Waals surface area contributed by atoms with E-state index in [9.17, 15) is 18.7 Å². The second-order valence-electron chi connectivity index (χ2n) is 6.46. The number of hydrogen-bond donors (Lipinski definition) is 2. The van der Waals surface area contributed by atoms with Crippen molar-refractivity contribution >= 4 is 5.91 Å². The molecule has 0 aliphatic carbocycles. The van der Waals surface area contributed by atoms with Crippen molar-refractivity contribution in [3.8, 4) is 17.3 Å². The number of aromatic nitrogens is 3. The van der Waals surface area contributed by atoms with Gasteiger partial charge < -0.3 is 14.9 Å². The van der Waals surface area contributed by atoms with Gasteiger partial charge in [-0.05, 0) is 32.0 Å². The Labute approximate surface area is 164 Å². The summed E-state index contributed by atoms with van der Waals surface area (Å²) >= 11 is 0. The molecule has 0 spiro atoms. The van der Waals surface area contributed by atoms with Crippen molar-refractivity contribution in [1.29, 1.82) is 5.26 Å². The van der Waals surface area contributed by atoms with E-state index in [1.54, 1.807) is 19.2 Å². The van der Waals surface area contributed by atoms with Gasteiger partial charge in [-0.2, -0.15) is 10.4 Å². The molecule has 0 radical (unpaired) electrons. The molecule has 1 unspecified atom stereocenters. The molecule has 0 aliphatic heterocycles. The van der Waals surface area contributed by atoms with Gasteiger partial charge in [-0.3, -0.25) is 9.48 Å². The zero-order chi connectivity index (χ0) is 21.1. The topological polar surface area (TPSA) is 117 Å². The number of hydrogen-bond acceptors (Lipinski definition) is 6. The molecular weight excluding hydrogens is 384 g/mol. The van der Waals surface area contributed by atoms with Crippen molar-refractivity contribution in [3.05, 3.63) is 59.1 Å². The summed E-state index contributed by atoms with van der Waals surface area (Å²) in [6.07, 6.45) is 0.740. The highest BCUT2D eigenvalue weighted by molar-refractivity contribution is 5.92. The van der Waals surface area contributed by atoms with Gasteiger partial charge in [-0.1, -0.05) is 5.16 Å². The van der Waals surface area contributed by atoms with Gasteiger partial charge in [0.25, 0.3) is 5.91 Å². The van der Waals surface area contributed by atoms with E-state index in [0.29, 0.717) is 5.69 Å². The molecule has 0 fully saturated rings. The number of nitrogens with zero attached hydrogens (tertiary/aromatic N) is 4. The monoisotopic (exact) mass is 401 g/mol. The van der Waals surface area contributed by atoms with E-state index in [2.05, 4.69) is 15.6 Å². The molecule has 0 bridgehead atoms. The molecular formula is C19H17F2N5O3. The van der Waals surface area contributed by atoms with Crippen molar-refractivity contribution in [1.82, 2.24) is 20.3 Å². The number of carbonyl (C=O) groups excluding carboxylic acids is 1. The molecule has 29 heavy (non-hydrogen) atoms. The smallest absolute Gasteiger partial charge is 0.273 e. The fraction of sp³-hybridized carbons (Fsp3) is 0.263. The third-order valence-electron chi connectivity index (χ3n) is 4.24. The quantitative estimate of drug-likeness (QED) is 0.656. The van der Waals surface area contributed by atoms with E-state index in [1.807, 2.05) is 0 Å². The van der Waals surface area contributed by atoms with Crippen molar-refractivity contribution in [2.45, 2.75) is 26.0 Å². The molecule has 3 aromatic rings.